The molecule has 1 aromatic carbocycles. The van der Waals surface area contributed by atoms with E-state index in [9.17, 15) is 9.59 Å². The van der Waals surface area contributed by atoms with E-state index < -0.39 is 24.6 Å². The summed E-state index contributed by atoms with van der Waals surface area (Å²) in [6, 6.07) is 5.77. The molecule has 1 heterocycles. The normalized spacial score (nSPS) is 15.5. The van der Waals surface area contributed by atoms with Crippen LogP contribution in [0.1, 0.15) is 12.0 Å². The number of hydrogen-bond donors (Lipinski definition) is 3. The lowest BCUT2D eigenvalue weighted by atomic mass is 10.0. The number of aliphatic hydroxyl groups is 1. The Morgan fingerprint density at radius 3 is 2.79 bits per heavy atom. The second-order valence-electron chi connectivity index (χ2n) is 4.41. The maximum atomic E-state index is 12.1. The van der Waals surface area contributed by atoms with Crippen LogP contribution in [0.5, 0.6) is 0 Å². The molecule has 0 aliphatic carbocycles. The van der Waals surface area contributed by atoms with E-state index in [1.165, 1.54) is 4.90 Å². The predicted molar refractivity (Wildman–Crippen MR) is 69.2 cm³/mol. The van der Waals surface area contributed by atoms with Gasteiger partial charge in [-0.1, -0.05) is 18.2 Å². The zero-order valence-electron chi connectivity index (χ0n) is 10.4. The monoisotopic (exact) mass is 264 g/mol. The van der Waals surface area contributed by atoms with Crippen LogP contribution in [0.25, 0.3) is 0 Å². The van der Waals surface area contributed by atoms with Gasteiger partial charge in [0.1, 0.15) is 0 Å². The molecule has 1 aromatic rings. The van der Waals surface area contributed by atoms with E-state index in [1.807, 2.05) is 24.3 Å². The van der Waals surface area contributed by atoms with E-state index in [4.69, 9.17) is 10.2 Å². The topological polar surface area (TPSA) is 89.9 Å². The number of nitrogens with one attached hydrogen (secondary N) is 1. The molecule has 0 spiro atoms. The third-order valence-electron chi connectivity index (χ3n) is 3.13. The van der Waals surface area contributed by atoms with Crippen LogP contribution in [0.2, 0.25) is 0 Å². The van der Waals surface area contributed by atoms with Crippen LogP contribution in [-0.2, 0) is 11.2 Å². The van der Waals surface area contributed by atoms with Gasteiger partial charge in [-0.05, 0) is 24.5 Å². The van der Waals surface area contributed by atoms with Crippen LogP contribution >= 0.6 is 0 Å². The van der Waals surface area contributed by atoms with E-state index in [1.54, 1.807) is 0 Å². The van der Waals surface area contributed by atoms with E-state index >= 15 is 0 Å². The molecule has 3 N–H and O–H groups in total. The van der Waals surface area contributed by atoms with Gasteiger partial charge in [0, 0.05) is 12.2 Å². The summed E-state index contributed by atoms with van der Waals surface area (Å²) in [4.78, 5) is 24.4. The smallest absolute Gasteiger partial charge is 0.328 e. The van der Waals surface area contributed by atoms with Crippen molar-refractivity contribution in [2.45, 2.75) is 18.9 Å². The summed E-state index contributed by atoms with van der Waals surface area (Å²) in [5.41, 5.74) is 1.87. The van der Waals surface area contributed by atoms with Crippen molar-refractivity contribution in [3.63, 3.8) is 0 Å². The lowest BCUT2D eigenvalue weighted by molar-refractivity contribution is -0.140. The van der Waals surface area contributed by atoms with Gasteiger partial charge in [-0.3, -0.25) is 4.90 Å². The number of hydrogen-bond acceptors (Lipinski definition) is 3. The Morgan fingerprint density at radius 1 is 1.37 bits per heavy atom. The molecule has 0 unspecified atom stereocenters. The SMILES string of the molecule is O=C(O)[C@H](CO)NC(=O)N1CCCc2ccccc21. The Morgan fingerprint density at radius 2 is 2.11 bits per heavy atom. The first-order valence-electron chi connectivity index (χ1n) is 6.13. The number of urea groups is 1. The number of fused-ring (bicyclic) bond motifs is 1. The highest BCUT2D eigenvalue weighted by Crippen LogP contribution is 2.26. The van der Waals surface area contributed by atoms with Crippen molar-refractivity contribution < 1.29 is 19.8 Å². The van der Waals surface area contributed by atoms with E-state index in [0.717, 1.165) is 24.1 Å². The van der Waals surface area contributed by atoms with Crippen LogP contribution < -0.4 is 10.2 Å². The molecule has 1 aliphatic rings. The molecule has 19 heavy (non-hydrogen) atoms. The van der Waals surface area contributed by atoms with E-state index in [2.05, 4.69) is 5.32 Å². The summed E-state index contributed by atoms with van der Waals surface area (Å²) >= 11 is 0. The molecule has 0 saturated heterocycles. The predicted octanol–water partition coefficient (Wildman–Crippen LogP) is 0.594. The van der Waals surface area contributed by atoms with Gasteiger partial charge in [-0.25, -0.2) is 9.59 Å². The first kappa shape index (κ1) is 13.4. The molecule has 1 atom stereocenters. The Kier molecular flexibility index (Phi) is 4.01. The molecule has 6 heteroatoms. The minimum Gasteiger partial charge on any atom is -0.480 e. The largest absolute Gasteiger partial charge is 0.480 e. The second-order valence-corrected chi connectivity index (χ2v) is 4.41. The molecule has 2 rings (SSSR count). The molecule has 102 valence electrons. The molecule has 0 saturated carbocycles. The van der Waals surface area contributed by atoms with Crippen LogP contribution in [0.4, 0.5) is 10.5 Å². The Bertz CT molecular complexity index is 489. The first-order valence-corrected chi connectivity index (χ1v) is 6.13. The van der Waals surface area contributed by atoms with Crippen LogP contribution in [-0.4, -0.2) is 41.4 Å². The van der Waals surface area contributed by atoms with Gasteiger partial charge in [0.25, 0.3) is 0 Å². The highest BCUT2D eigenvalue weighted by molar-refractivity contribution is 5.95. The fourth-order valence-corrected chi connectivity index (χ4v) is 2.16. The van der Waals surface area contributed by atoms with Crippen molar-refractivity contribution in [2.24, 2.45) is 0 Å². The fourth-order valence-electron chi connectivity index (χ4n) is 2.16. The molecular weight excluding hydrogens is 248 g/mol. The number of para-hydroxylation sites is 1. The number of anilines is 1. The number of rotatable bonds is 3. The zero-order chi connectivity index (χ0) is 13.8. The number of carbonyl (C=O) groups is 2. The van der Waals surface area contributed by atoms with Gasteiger partial charge in [0.05, 0.1) is 6.61 Å². The number of carbonyl (C=O) groups excluding carboxylic acids is 1. The van der Waals surface area contributed by atoms with Gasteiger partial charge in [0.15, 0.2) is 6.04 Å². The second kappa shape index (κ2) is 5.71. The van der Waals surface area contributed by atoms with Crippen molar-refractivity contribution in [3.8, 4) is 0 Å². The summed E-state index contributed by atoms with van der Waals surface area (Å²) in [7, 11) is 0. The van der Waals surface area contributed by atoms with E-state index in [0.29, 0.717) is 6.54 Å². The number of carboxylic acids is 1. The summed E-state index contributed by atoms with van der Waals surface area (Å²) < 4.78 is 0. The van der Waals surface area contributed by atoms with Gasteiger partial charge >= 0.3 is 12.0 Å². The fraction of sp³-hybridized carbons (Fsp3) is 0.385. The number of amides is 2. The van der Waals surface area contributed by atoms with Crippen molar-refractivity contribution in [2.75, 3.05) is 18.1 Å². The molecule has 0 fully saturated rings. The lowest BCUT2D eigenvalue weighted by Crippen LogP contribution is -2.50. The Hall–Kier alpha value is -2.08. The minimum absolute atomic E-state index is 0.492. The van der Waals surface area contributed by atoms with Gasteiger partial charge in [0.2, 0.25) is 0 Å². The Labute approximate surface area is 110 Å². The summed E-state index contributed by atoms with van der Waals surface area (Å²) in [6.45, 7) is -0.0861. The number of nitrogens with zero attached hydrogens (tertiary/aromatic N) is 1. The van der Waals surface area contributed by atoms with Gasteiger partial charge in [-0.2, -0.15) is 0 Å². The average Bonchev–Trinajstić information content (AvgIpc) is 2.43. The maximum Gasteiger partial charge on any atom is 0.328 e. The van der Waals surface area contributed by atoms with Crippen molar-refractivity contribution >= 4 is 17.7 Å². The van der Waals surface area contributed by atoms with Crippen molar-refractivity contribution in [1.29, 1.82) is 0 Å². The summed E-state index contributed by atoms with van der Waals surface area (Å²) in [5.74, 6) is -1.25. The quantitative estimate of drug-likeness (QED) is 0.745. The number of aliphatic hydroxyl groups excluding tert-OH is 1. The number of aliphatic carboxylic acids is 1. The van der Waals surface area contributed by atoms with Crippen molar-refractivity contribution in [1.82, 2.24) is 5.32 Å². The Balaban J connectivity index is 2.15. The third kappa shape index (κ3) is 2.85. The lowest BCUT2D eigenvalue weighted by Gasteiger charge is -2.30. The highest BCUT2D eigenvalue weighted by Gasteiger charge is 2.26. The van der Waals surface area contributed by atoms with E-state index in [-0.39, 0.29) is 0 Å². The molecule has 0 bridgehead atoms. The van der Waals surface area contributed by atoms with Gasteiger partial charge in [-0.15, -0.1) is 0 Å². The molecule has 6 nitrogen and oxygen atoms in total. The number of carboxylic acid groups (broad SMARTS) is 1. The molecule has 1 aliphatic heterocycles. The van der Waals surface area contributed by atoms with Crippen LogP contribution in [0.15, 0.2) is 24.3 Å². The maximum absolute atomic E-state index is 12.1. The third-order valence-corrected chi connectivity index (χ3v) is 3.13. The number of aryl methyl sites for hydroxylation is 1. The summed E-state index contributed by atoms with van der Waals surface area (Å²) in [5, 5.41) is 20.1. The standard InChI is InChI=1S/C13H16N2O4/c16-8-10(12(17)18)14-13(19)15-7-3-5-9-4-1-2-6-11(9)15/h1-2,4,6,10,16H,3,5,7-8H2,(H,14,19)(H,17,18)/t10-/m0/s1. The van der Waals surface area contributed by atoms with Crippen LogP contribution in [0.3, 0.4) is 0 Å². The van der Waals surface area contributed by atoms with Crippen molar-refractivity contribution in [3.05, 3.63) is 29.8 Å². The zero-order valence-corrected chi connectivity index (χ0v) is 10.4. The van der Waals surface area contributed by atoms with Crippen LogP contribution in [0, 0.1) is 0 Å². The molecular formula is C13H16N2O4. The molecule has 0 aromatic heterocycles. The molecule has 0 radical (unpaired) electrons. The molecule has 2 amide bonds. The summed E-state index contributed by atoms with van der Waals surface area (Å²) in [6.07, 6.45) is 1.74. The number of benzene rings is 1. The first-order chi connectivity index (χ1) is 9.13. The highest BCUT2D eigenvalue weighted by atomic mass is 16.4. The average molecular weight is 264 g/mol. The minimum atomic E-state index is -1.28. The van der Waals surface area contributed by atoms with Gasteiger partial charge < -0.3 is 15.5 Å².